The summed E-state index contributed by atoms with van der Waals surface area (Å²) in [6.45, 7) is 0. The summed E-state index contributed by atoms with van der Waals surface area (Å²) in [6, 6.07) is 7.93. The van der Waals surface area contributed by atoms with Gasteiger partial charge in [-0.25, -0.2) is 0 Å². The number of rotatable bonds is 8. The molecule has 0 bridgehead atoms. The number of aliphatic carboxylic acids is 1. The molecule has 122 valence electrons. The van der Waals surface area contributed by atoms with Crippen LogP contribution in [0.3, 0.4) is 0 Å². The number of hydrogen-bond donors (Lipinski definition) is 3. The van der Waals surface area contributed by atoms with Crippen molar-refractivity contribution in [1.82, 2.24) is 4.72 Å². The van der Waals surface area contributed by atoms with Gasteiger partial charge in [0.15, 0.2) is 0 Å². The van der Waals surface area contributed by atoms with Gasteiger partial charge in [-0.3, -0.25) is 9.52 Å². The van der Waals surface area contributed by atoms with E-state index in [-0.39, 0.29) is 6.42 Å². The van der Waals surface area contributed by atoms with Gasteiger partial charge in [-0.15, -0.1) is 4.33 Å². The van der Waals surface area contributed by atoms with E-state index in [1.807, 2.05) is 30.3 Å². The Morgan fingerprint density at radius 2 is 2.14 bits per heavy atom. The molecule has 1 saturated heterocycles. The second-order valence-electron chi connectivity index (χ2n) is 4.99. The third-order valence-corrected chi connectivity index (χ3v) is 5.04. The Morgan fingerprint density at radius 1 is 1.32 bits per heavy atom. The van der Waals surface area contributed by atoms with Crippen LogP contribution in [0, 0.1) is 0 Å². The van der Waals surface area contributed by atoms with Crippen LogP contribution in [0.4, 0.5) is 0 Å². The van der Waals surface area contributed by atoms with E-state index in [2.05, 4.69) is 20.7 Å². The lowest BCUT2D eigenvalue weighted by Gasteiger charge is -2.09. The summed E-state index contributed by atoms with van der Waals surface area (Å²) in [5, 5.41) is 8.56. The number of nitrogens with one attached hydrogen (secondary N) is 1. The van der Waals surface area contributed by atoms with E-state index in [1.54, 1.807) is 0 Å². The summed E-state index contributed by atoms with van der Waals surface area (Å²) in [5.74, 6) is 0.814. The van der Waals surface area contributed by atoms with E-state index in [1.165, 1.54) is 0 Å². The normalized spacial score (nSPS) is 20.6. The van der Waals surface area contributed by atoms with Crippen molar-refractivity contribution in [3.8, 4) is 0 Å². The number of halogens is 1. The van der Waals surface area contributed by atoms with Gasteiger partial charge in [0.25, 0.3) is 0 Å². The van der Waals surface area contributed by atoms with Gasteiger partial charge in [0.05, 0.1) is 0 Å². The average Bonchev–Trinajstić information content (AvgIpc) is 2.90. The minimum absolute atomic E-state index is 0.256. The van der Waals surface area contributed by atoms with Crippen molar-refractivity contribution in [3.05, 3.63) is 40.2 Å². The van der Waals surface area contributed by atoms with Crippen molar-refractivity contribution >= 4 is 39.3 Å². The van der Waals surface area contributed by atoms with Crippen LogP contribution < -0.4 is 4.72 Å². The largest absolute Gasteiger partial charge is 0.481 e. The fourth-order valence-electron chi connectivity index (χ4n) is 2.03. The van der Waals surface area contributed by atoms with Crippen LogP contribution in [0.1, 0.15) is 37.7 Å². The molecule has 1 aromatic carbocycles. The third kappa shape index (κ3) is 6.29. The maximum atomic E-state index is 10.4. The zero-order valence-corrected chi connectivity index (χ0v) is 14.6. The fourth-order valence-corrected chi connectivity index (χ4v) is 3.70. The van der Waals surface area contributed by atoms with Gasteiger partial charge in [-0.2, -0.15) is 0 Å². The van der Waals surface area contributed by atoms with E-state index in [4.69, 9.17) is 14.3 Å². The number of thiol groups is 1. The maximum absolute atomic E-state index is 10.4. The van der Waals surface area contributed by atoms with Gasteiger partial charge in [-0.1, -0.05) is 40.9 Å². The first-order valence-corrected chi connectivity index (χ1v) is 9.45. The van der Waals surface area contributed by atoms with E-state index < -0.39 is 17.3 Å². The predicted octanol–water partition coefficient (Wildman–Crippen LogP) is 4.17. The molecule has 2 rings (SSSR count). The van der Waals surface area contributed by atoms with Crippen LogP contribution in [-0.4, -0.2) is 16.8 Å². The summed E-state index contributed by atoms with van der Waals surface area (Å²) in [7, 11) is 0. The van der Waals surface area contributed by atoms with Crippen LogP contribution in [0.15, 0.2) is 34.6 Å². The van der Waals surface area contributed by atoms with E-state index in [9.17, 15) is 4.79 Å². The van der Waals surface area contributed by atoms with Gasteiger partial charge in [-0.05, 0) is 41.9 Å². The van der Waals surface area contributed by atoms with Gasteiger partial charge in [0.2, 0.25) is 5.88 Å². The maximum Gasteiger partial charge on any atom is 0.303 e. The zero-order valence-electron chi connectivity index (χ0n) is 12.1. The lowest BCUT2D eigenvalue weighted by atomic mass is 10.2. The standard InChI is InChI=1S/C15H20BrNO4S/c16-13-7-5-6-12(10-13)11-14-17-22(21-20-14)9-4-2-1-3-8-15(18)19/h5-7,10-11,17,22H,1-4,8-9H2,(H,18,19)/b14-11-. The Bertz CT molecular complexity index is 538. The molecule has 1 aliphatic heterocycles. The van der Waals surface area contributed by atoms with Crippen LogP contribution >= 0.6 is 27.3 Å². The van der Waals surface area contributed by atoms with Crippen LogP contribution in [0.5, 0.6) is 0 Å². The van der Waals surface area contributed by atoms with Crippen molar-refractivity contribution in [3.63, 3.8) is 0 Å². The molecule has 1 heterocycles. The van der Waals surface area contributed by atoms with Crippen LogP contribution in [0.2, 0.25) is 0 Å². The molecule has 0 aromatic heterocycles. The number of carboxylic acids is 1. The second-order valence-corrected chi connectivity index (χ2v) is 7.49. The molecular weight excluding hydrogens is 370 g/mol. The Morgan fingerprint density at radius 3 is 2.91 bits per heavy atom. The Labute approximate surface area is 141 Å². The second kappa shape index (κ2) is 9.07. The summed E-state index contributed by atoms with van der Waals surface area (Å²) in [5.41, 5.74) is 1.03. The minimum atomic E-state index is -0.790. The molecule has 1 atom stereocenters. The quantitative estimate of drug-likeness (QED) is 0.353. The van der Waals surface area contributed by atoms with Crippen molar-refractivity contribution < 1.29 is 19.1 Å². The molecule has 0 spiro atoms. The number of benzene rings is 1. The lowest BCUT2D eigenvalue weighted by molar-refractivity contribution is -0.137. The SMILES string of the molecule is O=C(O)CCCCCC[SH]1N/C(=C/c2cccc(Br)c2)OO1. The average molecular weight is 390 g/mol. The molecule has 1 aromatic rings. The minimum Gasteiger partial charge on any atom is -0.481 e. The highest BCUT2D eigenvalue weighted by atomic mass is 79.9. The molecule has 0 aliphatic carbocycles. The first-order chi connectivity index (χ1) is 10.6. The molecule has 1 unspecified atom stereocenters. The molecule has 0 saturated carbocycles. The summed E-state index contributed by atoms with van der Waals surface area (Å²) < 4.78 is 9.55. The summed E-state index contributed by atoms with van der Waals surface area (Å²) in [4.78, 5) is 15.6. The van der Waals surface area contributed by atoms with Gasteiger partial charge in [0.1, 0.15) is 0 Å². The van der Waals surface area contributed by atoms with Gasteiger partial charge >= 0.3 is 5.97 Å². The molecule has 1 aliphatic rings. The molecule has 2 N–H and O–H groups in total. The molecule has 1 fully saturated rings. The van der Waals surface area contributed by atoms with Gasteiger partial charge in [0, 0.05) is 22.7 Å². The Hall–Kier alpha value is -1.18. The van der Waals surface area contributed by atoms with Crippen LogP contribution in [-0.2, 0) is 14.0 Å². The molecular formula is C15H20BrNO4S. The van der Waals surface area contributed by atoms with Crippen molar-refractivity contribution in [2.45, 2.75) is 32.1 Å². The number of carbonyl (C=O) groups is 1. The highest BCUT2D eigenvalue weighted by Gasteiger charge is 2.17. The van der Waals surface area contributed by atoms with E-state index >= 15 is 0 Å². The predicted molar refractivity (Wildman–Crippen MR) is 92.0 cm³/mol. The number of unbranched alkanes of at least 4 members (excludes halogenated alkanes) is 3. The Kier molecular flexibility index (Phi) is 7.08. The van der Waals surface area contributed by atoms with Crippen molar-refractivity contribution in [2.24, 2.45) is 0 Å². The molecule has 7 heteroatoms. The highest BCUT2D eigenvalue weighted by Crippen LogP contribution is 2.33. The molecule has 22 heavy (non-hydrogen) atoms. The summed E-state index contributed by atoms with van der Waals surface area (Å²) in [6.07, 6.45) is 5.86. The monoisotopic (exact) mass is 389 g/mol. The van der Waals surface area contributed by atoms with E-state index in [0.717, 1.165) is 41.5 Å². The smallest absolute Gasteiger partial charge is 0.303 e. The molecule has 5 nitrogen and oxygen atoms in total. The zero-order chi connectivity index (χ0) is 15.8. The van der Waals surface area contributed by atoms with Gasteiger partial charge < -0.3 is 9.99 Å². The van der Waals surface area contributed by atoms with Crippen molar-refractivity contribution in [2.75, 3.05) is 5.75 Å². The van der Waals surface area contributed by atoms with E-state index in [0.29, 0.717) is 5.88 Å². The Balaban J connectivity index is 1.66. The first-order valence-electron chi connectivity index (χ1n) is 7.21. The first kappa shape index (κ1) is 17.2. The van der Waals surface area contributed by atoms with Crippen molar-refractivity contribution in [1.29, 1.82) is 0 Å². The summed E-state index contributed by atoms with van der Waals surface area (Å²) >= 11 is 2.64. The number of hydrogen-bond acceptors (Lipinski definition) is 4. The number of carboxylic acid groups (broad SMARTS) is 1. The molecule has 0 radical (unpaired) electrons. The third-order valence-electron chi connectivity index (χ3n) is 3.10. The highest BCUT2D eigenvalue weighted by molar-refractivity contribution is 9.10. The molecule has 0 amide bonds. The lowest BCUT2D eigenvalue weighted by Crippen LogP contribution is -2.03. The topological polar surface area (TPSA) is 67.8 Å². The fraction of sp³-hybridized carbons (Fsp3) is 0.400. The van der Waals surface area contributed by atoms with Crippen LogP contribution in [0.25, 0.3) is 6.08 Å².